The molecule has 0 aromatic rings. The van der Waals surface area contributed by atoms with Crippen LogP contribution in [0.3, 0.4) is 0 Å². The van der Waals surface area contributed by atoms with Crippen molar-refractivity contribution < 1.29 is 48.9 Å². The van der Waals surface area contributed by atoms with Gasteiger partial charge in [0.1, 0.15) is 18.1 Å². The smallest absolute Gasteiger partial charge is 0.326 e. The Bertz CT molecular complexity index is 809. The van der Waals surface area contributed by atoms with Gasteiger partial charge in [0.2, 0.25) is 23.6 Å². The molecule has 10 N–H and O–H groups in total. The summed E-state index contributed by atoms with van der Waals surface area (Å²) in [6.45, 7) is 0. The average Bonchev–Trinajstić information content (AvgIpc) is 2.75. The van der Waals surface area contributed by atoms with E-state index in [-0.39, 0.29) is 12.8 Å². The fourth-order valence-electron chi connectivity index (χ4n) is 2.70. The molecule has 0 rings (SSSR count). The average molecular weight is 522 g/mol. The van der Waals surface area contributed by atoms with Gasteiger partial charge in [-0.3, -0.25) is 28.8 Å². The number of primary amides is 1. The number of carbonyl (C=O) groups excluding carboxylic acids is 4. The van der Waals surface area contributed by atoms with Gasteiger partial charge in [-0.2, -0.15) is 11.8 Å². The predicted molar refractivity (Wildman–Crippen MR) is 122 cm³/mol. The number of amides is 4. The molecule has 0 fully saturated rings. The number of rotatable bonds is 18. The predicted octanol–water partition coefficient (Wildman–Crippen LogP) is -2.79. The van der Waals surface area contributed by atoms with Crippen molar-refractivity contribution in [2.24, 2.45) is 11.5 Å². The fourth-order valence-corrected chi connectivity index (χ4v) is 3.17. The summed E-state index contributed by atoms with van der Waals surface area (Å²) in [6, 6.07) is -5.63. The first kappa shape index (κ1) is 31.6. The van der Waals surface area contributed by atoms with E-state index in [4.69, 9.17) is 21.7 Å². The van der Waals surface area contributed by atoms with E-state index >= 15 is 0 Å². The Labute approximate surface area is 204 Å². The van der Waals surface area contributed by atoms with Crippen LogP contribution in [0.5, 0.6) is 0 Å². The van der Waals surface area contributed by atoms with Gasteiger partial charge in [0, 0.05) is 12.8 Å². The van der Waals surface area contributed by atoms with Crippen molar-refractivity contribution in [2.75, 3.05) is 12.0 Å². The minimum absolute atomic E-state index is 0.0464. The number of nitrogens with one attached hydrogen (secondary N) is 3. The summed E-state index contributed by atoms with van der Waals surface area (Å²) in [5.41, 5.74) is 10.5. The normalized spacial score (nSPS) is 14.0. The molecule has 0 saturated carbocycles. The first-order chi connectivity index (χ1) is 16.3. The highest BCUT2D eigenvalue weighted by atomic mass is 32.2. The second kappa shape index (κ2) is 16.3. The lowest BCUT2D eigenvalue weighted by molar-refractivity contribution is -0.143. The van der Waals surface area contributed by atoms with E-state index in [1.54, 1.807) is 6.26 Å². The fraction of sp³-hybridized carbons (Fsp3) is 0.632. The molecule has 0 radical (unpaired) electrons. The SMILES string of the molecule is CSCCC(NC(=O)C(CCC(=O)O)NC(=O)C(N)CC(N)=O)C(=O)NC(CCC(=O)O)C(=O)O. The molecule has 0 saturated heterocycles. The maximum Gasteiger partial charge on any atom is 0.326 e. The number of nitrogens with two attached hydrogens (primary N) is 2. The zero-order valence-electron chi connectivity index (χ0n) is 19.0. The standard InChI is InChI=1S/C19H31N5O10S/c1-35-7-6-11(18(32)24-12(19(33)34)3-5-15(28)29)23-17(31)10(2-4-14(26)27)22-16(30)9(20)8-13(21)25/h9-12H,2-8,20H2,1H3,(H2,21,25)(H,22,30)(H,23,31)(H,24,32)(H,26,27)(H,28,29)(H,33,34). The highest BCUT2D eigenvalue weighted by molar-refractivity contribution is 7.98. The summed E-state index contributed by atoms with van der Waals surface area (Å²) in [7, 11) is 0. The van der Waals surface area contributed by atoms with E-state index in [0.29, 0.717) is 5.75 Å². The molecule has 15 nitrogen and oxygen atoms in total. The highest BCUT2D eigenvalue weighted by Gasteiger charge is 2.30. The van der Waals surface area contributed by atoms with Gasteiger partial charge in [0.05, 0.1) is 12.5 Å². The number of hydrogen-bond acceptors (Lipinski definition) is 9. The zero-order valence-corrected chi connectivity index (χ0v) is 19.8. The van der Waals surface area contributed by atoms with Crippen LogP contribution in [0.15, 0.2) is 0 Å². The maximum atomic E-state index is 12.8. The first-order valence-corrected chi connectivity index (χ1v) is 11.8. The molecule has 4 atom stereocenters. The number of carboxylic acid groups (broad SMARTS) is 3. The molecule has 0 aliphatic rings. The quantitative estimate of drug-likeness (QED) is 0.0909. The summed E-state index contributed by atoms with van der Waals surface area (Å²) < 4.78 is 0. The van der Waals surface area contributed by atoms with Crippen LogP contribution >= 0.6 is 11.8 Å². The molecular formula is C19H31N5O10S. The molecule has 0 aliphatic carbocycles. The Morgan fingerprint density at radius 2 is 1.17 bits per heavy atom. The van der Waals surface area contributed by atoms with E-state index in [1.807, 2.05) is 0 Å². The topological polar surface area (TPSA) is 268 Å². The van der Waals surface area contributed by atoms with Crippen molar-refractivity contribution in [1.82, 2.24) is 16.0 Å². The van der Waals surface area contributed by atoms with Crippen molar-refractivity contribution in [3.05, 3.63) is 0 Å². The van der Waals surface area contributed by atoms with E-state index in [2.05, 4.69) is 16.0 Å². The van der Waals surface area contributed by atoms with Crippen molar-refractivity contribution in [1.29, 1.82) is 0 Å². The zero-order chi connectivity index (χ0) is 27.1. The third-order valence-corrected chi connectivity index (χ3v) is 5.19. The van der Waals surface area contributed by atoms with Crippen molar-refractivity contribution in [2.45, 2.75) is 62.7 Å². The third kappa shape index (κ3) is 13.8. The van der Waals surface area contributed by atoms with Crippen LogP contribution in [0.2, 0.25) is 0 Å². The lowest BCUT2D eigenvalue weighted by Gasteiger charge is -2.25. The van der Waals surface area contributed by atoms with Gasteiger partial charge in [-0.05, 0) is 31.3 Å². The number of carboxylic acids is 3. The molecule has 0 aromatic heterocycles. The van der Waals surface area contributed by atoms with Crippen LogP contribution in [-0.2, 0) is 33.6 Å². The number of hydrogen-bond donors (Lipinski definition) is 8. The van der Waals surface area contributed by atoms with Crippen molar-refractivity contribution >= 4 is 53.3 Å². The van der Waals surface area contributed by atoms with Crippen LogP contribution < -0.4 is 27.4 Å². The van der Waals surface area contributed by atoms with Crippen LogP contribution in [0.4, 0.5) is 0 Å². The Balaban J connectivity index is 5.54. The Kier molecular flexibility index (Phi) is 14.7. The summed E-state index contributed by atoms with van der Waals surface area (Å²) in [5, 5.41) is 33.7. The lowest BCUT2D eigenvalue weighted by atomic mass is 10.1. The van der Waals surface area contributed by atoms with Crippen LogP contribution in [0.25, 0.3) is 0 Å². The molecule has 0 heterocycles. The van der Waals surface area contributed by atoms with Crippen molar-refractivity contribution in [3.8, 4) is 0 Å². The van der Waals surface area contributed by atoms with Gasteiger partial charge < -0.3 is 42.7 Å². The van der Waals surface area contributed by atoms with Crippen LogP contribution in [0, 0.1) is 0 Å². The van der Waals surface area contributed by atoms with E-state index in [0.717, 1.165) is 0 Å². The second-order valence-electron chi connectivity index (χ2n) is 7.44. The molecule has 4 unspecified atom stereocenters. The second-order valence-corrected chi connectivity index (χ2v) is 8.43. The van der Waals surface area contributed by atoms with Crippen LogP contribution in [-0.4, -0.2) is 93.0 Å². The lowest BCUT2D eigenvalue weighted by Crippen LogP contribution is -2.57. The van der Waals surface area contributed by atoms with Crippen molar-refractivity contribution in [3.63, 3.8) is 0 Å². The molecule has 0 spiro atoms. The van der Waals surface area contributed by atoms with Gasteiger partial charge in [-0.1, -0.05) is 0 Å². The monoisotopic (exact) mass is 521 g/mol. The van der Waals surface area contributed by atoms with E-state index in [9.17, 15) is 38.7 Å². The number of carbonyl (C=O) groups is 7. The molecule has 0 aromatic carbocycles. The van der Waals surface area contributed by atoms with Crippen LogP contribution in [0.1, 0.15) is 38.5 Å². The van der Waals surface area contributed by atoms with Gasteiger partial charge in [0.25, 0.3) is 0 Å². The Morgan fingerprint density at radius 1 is 0.743 bits per heavy atom. The maximum absolute atomic E-state index is 12.8. The highest BCUT2D eigenvalue weighted by Crippen LogP contribution is 2.07. The molecule has 16 heteroatoms. The summed E-state index contributed by atoms with van der Waals surface area (Å²) in [5.74, 6) is -7.29. The van der Waals surface area contributed by atoms with Gasteiger partial charge in [-0.15, -0.1) is 0 Å². The molecule has 0 bridgehead atoms. The third-order valence-electron chi connectivity index (χ3n) is 4.54. The number of aliphatic carboxylic acids is 3. The molecular weight excluding hydrogens is 490 g/mol. The van der Waals surface area contributed by atoms with Gasteiger partial charge in [0.15, 0.2) is 0 Å². The Morgan fingerprint density at radius 3 is 1.60 bits per heavy atom. The van der Waals surface area contributed by atoms with Gasteiger partial charge in [-0.25, -0.2) is 4.79 Å². The summed E-state index contributed by atoms with van der Waals surface area (Å²) in [4.78, 5) is 81.8. The molecule has 35 heavy (non-hydrogen) atoms. The van der Waals surface area contributed by atoms with E-state index < -0.39 is 91.4 Å². The largest absolute Gasteiger partial charge is 0.481 e. The van der Waals surface area contributed by atoms with Gasteiger partial charge >= 0.3 is 17.9 Å². The molecule has 4 amide bonds. The molecule has 198 valence electrons. The van der Waals surface area contributed by atoms with E-state index in [1.165, 1.54) is 11.8 Å². The minimum atomic E-state index is -1.53. The number of thioether (sulfide) groups is 1. The first-order valence-electron chi connectivity index (χ1n) is 10.4. The summed E-state index contributed by atoms with van der Waals surface area (Å²) in [6.07, 6.45) is -0.567. The molecule has 0 aliphatic heterocycles. The Hall–Kier alpha value is -3.40. The summed E-state index contributed by atoms with van der Waals surface area (Å²) >= 11 is 1.32. The minimum Gasteiger partial charge on any atom is -0.481 e.